The lowest BCUT2D eigenvalue weighted by Crippen LogP contribution is -2.21. The maximum absolute atomic E-state index is 11.5. The van der Waals surface area contributed by atoms with Crippen LogP contribution in [0.25, 0.3) is 0 Å². The van der Waals surface area contributed by atoms with Crippen LogP contribution in [0.4, 0.5) is 0 Å². The normalized spacial score (nSPS) is 19.7. The van der Waals surface area contributed by atoms with Gasteiger partial charge < -0.3 is 9.47 Å². The van der Waals surface area contributed by atoms with Crippen molar-refractivity contribution >= 4 is 5.97 Å². The number of rotatable bonds is 9. The van der Waals surface area contributed by atoms with Crippen molar-refractivity contribution in [3.8, 4) is 0 Å². The van der Waals surface area contributed by atoms with Crippen molar-refractivity contribution in [2.45, 2.75) is 77.2 Å². The molecular weight excluding hydrogens is 228 g/mol. The molecule has 3 nitrogen and oxygen atoms in total. The minimum atomic E-state index is -0.0395. The van der Waals surface area contributed by atoms with Gasteiger partial charge in [-0.2, -0.15) is 0 Å². The molecule has 1 rings (SSSR count). The predicted molar refractivity (Wildman–Crippen MR) is 72.5 cm³/mol. The van der Waals surface area contributed by atoms with Crippen molar-refractivity contribution in [1.82, 2.24) is 0 Å². The molecule has 1 atom stereocenters. The van der Waals surface area contributed by atoms with E-state index in [4.69, 9.17) is 9.47 Å². The molecule has 0 aromatic carbocycles. The highest BCUT2D eigenvalue weighted by Crippen LogP contribution is 2.15. The van der Waals surface area contributed by atoms with Gasteiger partial charge in [-0.3, -0.25) is 4.79 Å². The zero-order valence-electron chi connectivity index (χ0n) is 11.8. The Morgan fingerprint density at radius 1 is 1.22 bits per heavy atom. The van der Waals surface area contributed by atoms with Gasteiger partial charge in [0.25, 0.3) is 0 Å². The molecule has 1 aliphatic rings. The van der Waals surface area contributed by atoms with Crippen LogP contribution in [0, 0.1) is 0 Å². The molecule has 0 amide bonds. The number of hydrogen-bond acceptors (Lipinski definition) is 3. The molecule has 0 aromatic heterocycles. The lowest BCUT2D eigenvalue weighted by atomic mass is 10.1. The van der Waals surface area contributed by atoms with Crippen LogP contribution >= 0.6 is 0 Å². The van der Waals surface area contributed by atoms with E-state index in [-0.39, 0.29) is 5.97 Å². The largest absolute Gasteiger partial charge is 0.466 e. The van der Waals surface area contributed by atoms with E-state index < -0.39 is 0 Å². The Morgan fingerprint density at radius 2 is 2.06 bits per heavy atom. The fraction of sp³-hybridized carbons (Fsp3) is 0.933. The van der Waals surface area contributed by atoms with Crippen molar-refractivity contribution in [3.05, 3.63) is 0 Å². The lowest BCUT2D eigenvalue weighted by Gasteiger charge is -2.22. The summed E-state index contributed by atoms with van der Waals surface area (Å²) in [6.45, 7) is 3.59. The van der Waals surface area contributed by atoms with E-state index in [0.717, 1.165) is 32.3 Å². The molecule has 1 saturated heterocycles. The second-order valence-electron chi connectivity index (χ2n) is 5.16. The van der Waals surface area contributed by atoms with Gasteiger partial charge in [-0.05, 0) is 25.7 Å². The number of hydrogen-bond donors (Lipinski definition) is 0. The topological polar surface area (TPSA) is 35.5 Å². The molecule has 0 N–H and O–H groups in total. The van der Waals surface area contributed by atoms with Crippen LogP contribution in [-0.2, 0) is 14.3 Å². The Labute approximate surface area is 111 Å². The van der Waals surface area contributed by atoms with Gasteiger partial charge in [0.1, 0.15) is 0 Å². The monoisotopic (exact) mass is 256 g/mol. The third-order valence-corrected chi connectivity index (χ3v) is 3.46. The van der Waals surface area contributed by atoms with Crippen LogP contribution in [0.5, 0.6) is 0 Å². The number of ether oxygens (including phenoxy) is 2. The van der Waals surface area contributed by atoms with Crippen LogP contribution in [0.2, 0.25) is 0 Å². The van der Waals surface area contributed by atoms with Crippen molar-refractivity contribution in [1.29, 1.82) is 0 Å². The molecule has 0 radical (unpaired) electrons. The summed E-state index contributed by atoms with van der Waals surface area (Å²) in [5, 5.41) is 0. The number of unbranched alkanes of at least 4 members (excludes halogenated alkanes) is 4. The minimum absolute atomic E-state index is 0.0395. The number of carbonyl (C=O) groups is 1. The average Bonchev–Trinajstić information content (AvgIpc) is 2.40. The summed E-state index contributed by atoms with van der Waals surface area (Å²) >= 11 is 0. The van der Waals surface area contributed by atoms with Crippen LogP contribution in [0.1, 0.15) is 71.1 Å². The van der Waals surface area contributed by atoms with Crippen LogP contribution in [0.3, 0.4) is 0 Å². The molecule has 1 unspecified atom stereocenters. The Hall–Kier alpha value is -0.570. The first kappa shape index (κ1) is 15.5. The SMILES string of the molecule is CCCCCCCC(=O)OCCC1CCCCO1. The van der Waals surface area contributed by atoms with Crippen LogP contribution < -0.4 is 0 Å². The van der Waals surface area contributed by atoms with Crippen molar-refractivity contribution < 1.29 is 14.3 Å². The van der Waals surface area contributed by atoms with Gasteiger partial charge in [0.2, 0.25) is 0 Å². The summed E-state index contributed by atoms with van der Waals surface area (Å²) in [5.74, 6) is -0.0395. The van der Waals surface area contributed by atoms with Crippen molar-refractivity contribution in [2.24, 2.45) is 0 Å². The Bertz CT molecular complexity index is 210. The number of esters is 1. The van der Waals surface area contributed by atoms with Gasteiger partial charge in [-0.1, -0.05) is 32.6 Å². The van der Waals surface area contributed by atoms with Gasteiger partial charge in [-0.25, -0.2) is 0 Å². The highest BCUT2D eigenvalue weighted by Gasteiger charge is 2.14. The number of carbonyl (C=O) groups excluding carboxylic acids is 1. The third-order valence-electron chi connectivity index (χ3n) is 3.46. The average molecular weight is 256 g/mol. The fourth-order valence-corrected chi connectivity index (χ4v) is 2.28. The molecule has 18 heavy (non-hydrogen) atoms. The first-order valence-electron chi connectivity index (χ1n) is 7.60. The zero-order chi connectivity index (χ0) is 13.1. The smallest absolute Gasteiger partial charge is 0.305 e. The molecule has 3 heteroatoms. The van der Waals surface area contributed by atoms with Gasteiger partial charge >= 0.3 is 5.97 Å². The quantitative estimate of drug-likeness (QED) is 0.464. The summed E-state index contributed by atoms with van der Waals surface area (Å²) < 4.78 is 10.8. The van der Waals surface area contributed by atoms with E-state index in [1.807, 2.05) is 0 Å². The molecule has 0 saturated carbocycles. The van der Waals surface area contributed by atoms with E-state index in [1.54, 1.807) is 0 Å². The van der Waals surface area contributed by atoms with Gasteiger partial charge in [0.15, 0.2) is 0 Å². The maximum atomic E-state index is 11.5. The Morgan fingerprint density at radius 3 is 2.78 bits per heavy atom. The summed E-state index contributed by atoms with van der Waals surface area (Å²) in [4.78, 5) is 11.5. The van der Waals surface area contributed by atoms with Crippen LogP contribution in [0.15, 0.2) is 0 Å². The minimum Gasteiger partial charge on any atom is -0.466 e. The van der Waals surface area contributed by atoms with E-state index >= 15 is 0 Å². The summed E-state index contributed by atoms with van der Waals surface area (Å²) in [5.41, 5.74) is 0. The molecule has 1 aliphatic heterocycles. The summed E-state index contributed by atoms with van der Waals surface area (Å²) in [6, 6.07) is 0. The van der Waals surface area contributed by atoms with Crippen LogP contribution in [-0.4, -0.2) is 25.3 Å². The molecule has 0 aliphatic carbocycles. The fourth-order valence-electron chi connectivity index (χ4n) is 2.28. The standard InChI is InChI=1S/C15H28O3/c1-2-3-4-5-6-10-15(16)18-13-11-14-9-7-8-12-17-14/h14H,2-13H2,1H3. The Balaban J connectivity index is 1.89. The predicted octanol–water partition coefficient (Wildman–Crippen LogP) is 3.85. The second kappa shape index (κ2) is 10.4. The zero-order valence-corrected chi connectivity index (χ0v) is 11.8. The maximum Gasteiger partial charge on any atom is 0.305 e. The summed E-state index contributed by atoms with van der Waals surface area (Å²) in [7, 11) is 0. The van der Waals surface area contributed by atoms with E-state index in [1.165, 1.54) is 32.1 Å². The second-order valence-corrected chi connectivity index (χ2v) is 5.16. The molecule has 0 spiro atoms. The lowest BCUT2D eigenvalue weighted by molar-refractivity contribution is -0.144. The molecule has 0 bridgehead atoms. The van der Waals surface area contributed by atoms with Gasteiger partial charge in [0.05, 0.1) is 12.7 Å². The first-order valence-corrected chi connectivity index (χ1v) is 7.60. The summed E-state index contributed by atoms with van der Waals surface area (Å²) in [6.07, 6.45) is 11.2. The van der Waals surface area contributed by atoms with E-state index in [0.29, 0.717) is 19.1 Å². The molecular formula is C15H28O3. The van der Waals surface area contributed by atoms with E-state index in [9.17, 15) is 4.79 Å². The Kier molecular flexibility index (Phi) is 8.92. The molecule has 0 aromatic rings. The van der Waals surface area contributed by atoms with E-state index in [2.05, 4.69) is 6.92 Å². The van der Waals surface area contributed by atoms with Crippen molar-refractivity contribution in [2.75, 3.05) is 13.2 Å². The van der Waals surface area contributed by atoms with Gasteiger partial charge in [0, 0.05) is 19.4 Å². The third kappa shape index (κ3) is 7.70. The molecule has 1 fully saturated rings. The molecule has 106 valence electrons. The first-order chi connectivity index (χ1) is 8.83. The molecule has 1 heterocycles. The van der Waals surface area contributed by atoms with Gasteiger partial charge in [-0.15, -0.1) is 0 Å². The van der Waals surface area contributed by atoms with Crippen molar-refractivity contribution in [3.63, 3.8) is 0 Å². The highest BCUT2D eigenvalue weighted by molar-refractivity contribution is 5.69. The highest BCUT2D eigenvalue weighted by atomic mass is 16.5.